The molecular formula is C17H22N4O3. The van der Waals surface area contributed by atoms with E-state index in [1.54, 1.807) is 14.0 Å². The predicted octanol–water partition coefficient (Wildman–Crippen LogP) is 1.10. The molecule has 7 nitrogen and oxygen atoms in total. The van der Waals surface area contributed by atoms with Crippen molar-refractivity contribution in [1.29, 1.82) is 0 Å². The summed E-state index contributed by atoms with van der Waals surface area (Å²) in [5.74, 6) is -0.0793. The van der Waals surface area contributed by atoms with Gasteiger partial charge in [0.05, 0.1) is 6.10 Å². The number of benzene rings is 1. The van der Waals surface area contributed by atoms with Crippen LogP contribution in [0.3, 0.4) is 0 Å². The van der Waals surface area contributed by atoms with Gasteiger partial charge in [0.2, 0.25) is 5.91 Å². The number of aliphatic hydroxyl groups excluding tert-OH is 1. The lowest BCUT2D eigenvalue weighted by Crippen LogP contribution is -2.30. The summed E-state index contributed by atoms with van der Waals surface area (Å²) < 4.78 is 1.44. The average Bonchev–Trinajstić information content (AvgIpc) is 2.92. The topological polar surface area (TPSA) is 96.3 Å². The number of carbonyl (C=O) groups is 2. The second kappa shape index (κ2) is 8.26. The SMILES string of the molecule is CC(O)CNC(=O)c1cc(NC(=O)CCc2ccccc2)n(C)n1. The number of amides is 2. The van der Waals surface area contributed by atoms with Crippen LogP contribution < -0.4 is 10.6 Å². The first-order valence-electron chi connectivity index (χ1n) is 7.80. The van der Waals surface area contributed by atoms with Gasteiger partial charge in [0.1, 0.15) is 5.82 Å². The highest BCUT2D eigenvalue weighted by Crippen LogP contribution is 2.10. The summed E-state index contributed by atoms with van der Waals surface area (Å²) in [7, 11) is 1.65. The van der Waals surface area contributed by atoms with Gasteiger partial charge in [-0.15, -0.1) is 0 Å². The molecule has 128 valence electrons. The minimum absolute atomic E-state index is 0.141. The number of aromatic nitrogens is 2. The fourth-order valence-corrected chi connectivity index (χ4v) is 2.13. The number of nitrogens with one attached hydrogen (secondary N) is 2. The Morgan fingerprint density at radius 3 is 2.67 bits per heavy atom. The third-order valence-corrected chi connectivity index (χ3v) is 3.42. The molecule has 0 aliphatic carbocycles. The summed E-state index contributed by atoms with van der Waals surface area (Å²) in [4.78, 5) is 23.9. The van der Waals surface area contributed by atoms with Crippen molar-refractivity contribution in [3.05, 3.63) is 47.7 Å². The average molecular weight is 330 g/mol. The van der Waals surface area contributed by atoms with Gasteiger partial charge < -0.3 is 15.7 Å². The normalized spacial score (nSPS) is 11.8. The molecule has 0 aliphatic rings. The Bertz CT molecular complexity index is 695. The molecule has 0 spiro atoms. The quantitative estimate of drug-likeness (QED) is 0.708. The lowest BCUT2D eigenvalue weighted by molar-refractivity contribution is -0.116. The van der Waals surface area contributed by atoms with Crippen LogP contribution in [0.4, 0.5) is 5.82 Å². The number of aryl methyl sites for hydroxylation is 2. The van der Waals surface area contributed by atoms with Gasteiger partial charge >= 0.3 is 0 Å². The summed E-state index contributed by atoms with van der Waals surface area (Å²) >= 11 is 0. The van der Waals surface area contributed by atoms with Crippen molar-refractivity contribution >= 4 is 17.6 Å². The van der Waals surface area contributed by atoms with Gasteiger partial charge in [-0.05, 0) is 18.9 Å². The largest absolute Gasteiger partial charge is 0.392 e. The number of anilines is 1. The van der Waals surface area contributed by atoms with Crippen LogP contribution in [0.1, 0.15) is 29.4 Å². The van der Waals surface area contributed by atoms with E-state index in [0.717, 1.165) is 5.56 Å². The Kier molecular flexibility index (Phi) is 6.08. The van der Waals surface area contributed by atoms with Gasteiger partial charge in [0.25, 0.3) is 5.91 Å². The molecule has 1 aromatic heterocycles. The van der Waals surface area contributed by atoms with Gasteiger partial charge in [-0.1, -0.05) is 30.3 Å². The smallest absolute Gasteiger partial charge is 0.271 e. The van der Waals surface area contributed by atoms with Gasteiger partial charge in [0.15, 0.2) is 5.69 Å². The number of nitrogens with zero attached hydrogens (tertiary/aromatic N) is 2. The number of aliphatic hydroxyl groups is 1. The molecule has 0 saturated carbocycles. The number of hydrogen-bond donors (Lipinski definition) is 3. The van der Waals surface area contributed by atoms with Crippen molar-refractivity contribution in [2.24, 2.45) is 7.05 Å². The lowest BCUT2D eigenvalue weighted by atomic mass is 10.1. The second-order valence-electron chi connectivity index (χ2n) is 5.63. The fourth-order valence-electron chi connectivity index (χ4n) is 2.13. The van der Waals surface area contributed by atoms with Crippen LogP contribution in [0.5, 0.6) is 0 Å². The molecule has 0 radical (unpaired) electrons. The summed E-state index contributed by atoms with van der Waals surface area (Å²) in [6, 6.07) is 11.3. The first kappa shape index (κ1) is 17.7. The van der Waals surface area contributed by atoms with Crippen molar-refractivity contribution in [2.75, 3.05) is 11.9 Å². The number of carbonyl (C=O) groups excluding carboxylic acids is 2. The number of rotatable bonds is 7. The fraction of sp³-hybridized carbons (Fsp3) is 0.353. The van der Waals surface area contributed by atoms with Gasteiger partial charge in [-0.3, -0.25) is 14.3 Å². The molecule has 1 atom stereocenters. The monoisotopic (exact) mass is 330 g/mol. The zero-order chi connectivity index (χ0) is 17.5. The molecule has 0 fully saturated rings. The van der Waals surface area contributed by atoms with Gasteiger partial charge in [-0.25, -0.2) is 0 Å². The summed E-state index contributed by atoms with van der Waals surface area (Å²) in [5.41, 5.74) is 1.28. The highest BCUT2D eigenvalue weighted by atomic mass is 16.3. The summed E-state index contributed by atoms with van der Waals surface area (Å²) in [6.45, 7) is 1.73. The standard InChI is InChI=1S/C17H22N4O3/c1-12(22)11-18-17(24)14-10-15(21(2)20-14)19-16(23)9-8-13-6-4-3-5-7-13/h3-7,10,12,22H,8-9,11H2,1-2H3,(H,18,24)(H,19,23). The third-order valence-electron chi connectivity index (χ3n) is 3.42. The van der Waals surface area contributed by atoms with E-state index in [9.17, 15) is 14.7 Å². The minimum atomic E-state index is -0.630. The highest BCUT2D eigenvalue weighted by molar-refractivity contribution is 5.95. The molecule has 24 heavy (non-hydrogen) atoms. The van der Waals surface area contributed by atoms with Crippen LogP contribution >= 0.6 is 0 Å². The van der Waals surface area contributed by atoms with E-state index in [2.05, 4.69) is 15.7 Å². The van der Waals surface area contributed by atoms with Crippen molar-refractivity contribution in [1.82, 2.24) is 15.1 Å². The van der Waals surface area contributed by atoms with Crippen LogP contribution in [0, 0.1) is 0 Å². The maximum absolute atomic E-state index is 12.0. The zero-order valence-corrected chi connectivity index (χ0v) is 13.8. The Labute approximate surface area is 140 Å². The maximum Gasteiger partial charge on any atom is 0.271 e. The molecule has 0 aliphatic heterocycles. The van der Waals surface area contributed by atoms with Gasteiger partial charge in [-0.2, -0.15) is 5.10 Å². The van der Waals surface area contributed by atoms with Crippen LogP contribution in [-0.2, 0) is 18.3 Å². The lowest BCUT2D eigenvalue weighted by Gasteiger charge is -2.05. The van der Waals surface area contributed by atoms with Crippen LogP contribution in [0.2, 0.25) is 0 Å². The Morgan fingerprint density at radius 2 is 2.00 bits per heavy atom. The van der Waals surface area contributed by atoms with Crippen LogP contribution in [0.25, 0.3) is 0 Å². The van der Waals surface area contributed by atoms with Crippen LogP contribution in [-0.4, -0.2) is 39.4 Å². The van der Waals surface area contributed by atoms with Gasteiger partial charge in [0, 0.05) is 26.1 Å². The van der Waals surface area contributed by atoms with E-state index in [1.165, 1.54) is 10.7 Å². The molecule has 1 unspecified atom stereocenters. The van der Waals surface area contributed by atoms with Crippen molar-refractivity contribution in [3.8, 4) is 0 Å². The Hall–Kier alpha value is -2.67. The first-order chi connectivity index (χ1) is 11.5. The third kappa shape index (κ3) is 5.20. The molecule has 1 heterocycles. The molecular weight excluding hydrogens is 308 g/mol. The van der Waals surface area contributed by atoms with E-state index in [1.807, 2.05) is 30.3 Å². The molecule has 3 N–H and O–H groups in total. The van der Waals surface area contributed by atoms with E-state index < -0.39 is 12.0 Å². The summed E-state index contributed by atoms with van der Waals surface area (Å²) in [5, 5.41) is 18.6. The molecule has 2 amide bonds. The van der Waals surface area contributed by atoms with Crippen LogP contribution in [0.15, 0.2) is 36.4 Å². The summed E-state index contributed by atoms with van der Waals surface area (Å²) in [6.07, 6.45) is 0.361. The molecule has 2 aromatic rings. The van der Waals surface area contributed by atoms with Crippen molar-refractivity contribution in [2.45, 2.75) is 25.9 Å². The van der Waals surface area contributed by atoms with E-state index in [0.29, 0.717) is 18.7 Å². The molecule has 2 rings (SSSR count). The van der Waals surface area contributed by atoms with E-state index in [4.69, 9.17) is 0 Å². The first-order valence-corrected chi connectivity index (χ1v) is 7.80. The second-order valence-corrected chi connectivity index (χ2v) is 5.63. The number of hydrogen-bond acceptors (Lipinski definition) is 4. The predicted molar refractivity (Wildman–Crippen MR) is 90.6 cm³/mol. The molecule has 0 bridgehead atoms. The maximum atomic E-state index is 12.0. The zero-order valence-electron chi connectivity index (χ0n) is 13.8. The van der Waals surface area contributed by atoms with E-state index in [-0.39, 0.29) is 18.1 Å². The Morgan fingerprint density at radius 1 is 1.29 bits per heavy atom. The molecule has 0 saturated heterocycles. The highest BCUT2D eigenvalue weighted by Gasteiger charge is 2.14. The minimum Gasteiger partial charge on any atom is -0.392 e. The molecule has 1 aromatic carbocycles. The Balaban J connectivity index is 1.90. The molecule has 7 heteroatoms. The van der Waals surface area contributed by atoms with E-state index >= 15 is 0 Å². The van der Waals surface area contributed by atoms with Crippen molar-refractivity contribution < 1.29 is 14.7 Å². The van der Waals surface area contributed by atoms with Crippen molar-refractivity contribution in [3.63, 3.8) is 0 Å².